The van der Waals surface area contributed by atoms with Crippen LogP contribution >= 0.6 is 8.25 Å². The van der Waals surface area contributed by atoms with E-state index in [-0.39, 0.29) is 85.9 Å². The summed E-state index contributed by atoms with van der Waals surface area (Å²) in [7, 11) is -1.79. The van der Waals surface area contributed by atoms with Gasteiger partial charge in [0.15, 0.2) is 0 Å². The summed E-state index contributed by atoms with van der Waals surface area (Å²) in [5.41, 5.74) is 7.15. The van der Waals surface area contributed by atoms with Gasteiger partial charge in [0.1, 0.15) is 13.2 Å². The molecule has 6 saturated heterocycles. The summed E-state index contributed by atoms with van der Waals surface area (Å²) in [5.74, 6) is 0. The van der Waals surface area contributed by atoms with E-state index >= 15 is 0 Å². The molecule has 0 bridgehead atoms. The van der Waals surface area contributed by atoms with Crippen LogP contribution in [-0.2, 0) is 13.6 Å². The van der Waals surface area contributed by atoms with Crippen LogP contribution in [0.4, 0.5) is 0 Å². The number of hydrogen-bond donors (Lipinski definition) is 13. The number of piperidine rings is 5. The van der Waals surface area contributed by atoms with E-state index in [4.69, 9.17) is 20.5 Å². The van der Waals surface area contributed by atoms with Gasteiger partial charge in [-0.1, -0.05) is 0 Å². The Morgan fingerprint density at radius 1 is 0.368 bits per heavy atom. The van der Waals surface area contributed by atoms with Gasteiger partial charge in [-0.15, -0.1) is 9.05 Å². The van der Waals surface area contributed by atoms with Crippen molar-refractivity contribution in [3.05, 3.63) is 0 Å². The highest BCUT2D eigenvalue weighted by Crippen LogP contribution is 2.40. The molecule has 0 aromatic rings. The molecule has 6 aliphatic heterocycles. The molecular formula is C54H118N8O13P+. The maximum atomic E-state index is 10.5. The van der Waals surface area contributed by atoms with Gasteiger partial charge < -0.3 is 68.4 Å². The number of nitrogens with one attached hydrogen (secondary N) is 1. The first-order valence-corrected chi connectivity index (χ1v) is 28.9. The van der Waals surface area contributed by atoms with Crippen molar-refractivity contribution in [2.45, 2.75) is 308 Å². The van der Waals surface area contributed by atoms with Crippen LogP contribution in [0.3, 0.4) is 0 Å². The Labute approximate surface area is 461 Å². The molecule has 456 valence electrons. The second kappa shape index (κ2) is 30.6. The standard InChI is InChI=1S/5C9H19NO2.C5H10O3P.C4H13N3/c5*1-8(2)5-7(11)6-9(3,4)10(8)12;6-9-7-4-2-1-3-5-8-9;5-1-3-7-4-2-6/h5*7,11-12H,5-6H2,1-4H3;1-5H2;7H,1-6H2/q;;;;;+1;. The van der Waals surface area contributed by atoms with Crippen LogP contribution in [0.25, 0.3) is 0 Å². The van der Waals surface area contributed by atoms with Crippen molar-refractivity contribution in [3.8, 4) is 0 Å². The van der Waals surface area contributed by atoms with Gasteiger partial charge in [-0.3, -0.25) is 0 Å². The average molecular weight is 1120 g/mol. The summed E-state index contributed by atoms with van der Waals surface area (Å²) < 4.78 is 20.1. The highest BCUT2D eigenvalue weighted by atomic mass is 31.1. The lowest BCUT2D eigenvalue weighted by molar-refractivity contribution is -0.257. The number of hydrogen-bond acceptors (Lipinski definition) is 21. The van der Waals surface area contributed by atoms with Crippen LogP contribution in [0.1, 0.15) is 222 Å². The van der Waals surface area contributed by atoms with Gasteiger partial charge in [0.05, 0.1) is 30.5 Å². The number of nitrogens with two attached hydrogens (primary N) is 2. The third-order valence-corrected chi connectivity index (χ3v) is 15.7. The van der Waals surface area contributed by atoms with E-state index in [0.717, 1.165) is 32.4 Å². The average Bonchev–Trinajstić information content (AvgIpc) is 3.21. The zero-order chi connectivity index (χ0) is 59.9. The number of aliphatic hydroxyl groups excluding tert-OH is 5. The van der Waals surface area contributed by atoms with Gasteiger partial charge in [0, 0.05) is 86.1 Å². The molecule has 0 atom stereocenters. The SMILES string of the molecule is CC1(C)CC(O)CC(C)(C)N1O.CC1(C)CC(O)CC(C)(C)N1O.CC1(C)CC(O)CC(C)(C)N1O.CC1(C)CC(O)CC(C)(C)N1O.CC1(C)CC(O)CC(C)(C)N1O.NCCNCCN.O=[P+]1OCCCCCO1. The summed E-state index contributed by atoms with van der Waals surface area (Å²) in [6, 6.07) is 0. The highest BCUT2D eigenvalue weighted by Gasteiger charge is 2.48. The summed E-state index contributed by atoms with van der Waals surface area (Å²) in [6.07, 6.45) is 7.98. The Bertz CT molecular complexity index is 1340. The van der Waals surface area contributed by atoms with E-state index in [2.05, 4.69) is 5.32 Å². The third kappa shape index (κ3) is 25.2. The molecule has 6 heterocycles. The number of aliphatic hydroxyl groups is 5. The minimum Gasteiger partial charge on any atom is -0.393 e. The van der Waals surface area contributed by atoms with Crippen molar-refractivity contribution >= 4 is 8.25 Å². The molecule has 0 aliphatic carbocycles. The molecule has 15 N–H and O–H groups in total. The molecule has 0 aromatic heterocycles. The Balaban J connectivity index is 0.000000869. The first-order valence-electron chi connectivity index (χ1n) is 27.8. The van der Waals surface area contributed by atoms with Crippen molar-refractivity contribution in [2.75, 3.05) is 39.4 Å². The summed E-state index contributed by atoms with van der Waals surface area (Å²) in [4.78, 5) is 0. The van der Waals surface area contributed by atoms with E-state index in [1.54, 1.807) is 0 Å². The Morgan fingerprint density at radius 2 is 0.526 bits per heavy atom. The van der Waals surface area contributed by atoms with Crippen molar-refractivity contribution in [3.63, 3.8) is 0 Å². The van der Waals surface area contributed by atoms with Gasteiger partial charge >= 0.3 is 8.25 Å². The minimum atomic E-state index is -1.79. The van der Waals surface area contributed by atoms with Crippen LogP contribution in [0.5, 0.6) is 0 Å². The predicted molar refractivity (Wildman–Crippen MR) is 299 cm³/mol. The van der Waals surface area contributed by atoms with Gasteiger partial charge in [-0.05, 0) is 222 Å². The van der Waals surface area contributed by atoms with Crippen LogP contribution < -0.4 is 16.8 Å². The van der Waals surface area contributed by atoms with Gasteiger partial charge in [0.25, 0.3) is 0 Å². The van der Waals surface area contributed by atoms with E-state index in [0.29, 0.717) is 90.5 Å². The van der Waals surface area contributed by atoms with Crippen LogP contribution in [0, 0.1) is 0 Å². The molecule has 0 radical (unpaired) electrons. The summed E-state index contributed by atoms with van der Waals surface area (Å²) >= 11 is 0. The van der Waals surface area contributed by atoms with Gasteiger partial charge in [-0.2, -0.15) is 25.3 Å². The molecule has 0 unspecified atom stereocenters. The zero-order valence-electron chi connectivity index (χ0n) is 51.4. The Morgan fingerprint density at radius 3 is 0.671 bits per heavy atom. The molecule has 6 fully saturated rings. The molecule has 0 spiro atoms. The minimum absolute atomic E-state index is 0.293. The summed E-state index contributed by atoms with van der Waals surface area (Å²) in [6.45, 7) is 43.1. The van der Waals surface area contributed by atoms with Crippen molar-refractivity contribution in [1.82, 2.24) is 30.6 Å². The van der Waals surface area contributed by atoms with E-state index in [1.165, 1.54) is 25.3 Å². The van der Waals surface area contributed by atoms with Crippen molar-refractivity contribution < 1.29 is 65.2 Å². The predicted octanol–water partition coefficient (Wildman–Crippen LogP) is 7.30. The lowest BCUT2D eigenvalue weighted by Gasteiger charge is -2.50. The van der Waals surface area contributed by atoms with Crippen LogP contribution in [0.15, 0.2) is 0 Å². The molecule has 21 nitrogen and oxygen atoms in total. The van der Waals surface area contributed by atoms with E-state index in [1.807, 2.05) is 138 Å². The number of rotatable bonds is 4. The molecule has 6 aliphatic rings. The highest BCUT2D eigenvalue weighted by molar-refractivity contribution is 7.33. The van der Waals surface area contributed by atoms with E-state index < -0.39 is 8.25 Å². The van der Waals surface area contributed by atoms with Gasteiger partial charge in [0.2, 0.25) is 0 Å². The van der Waals surface area contributed by atoms with Gasteiger partial charge in [-0.25, -0.2) is 0 Å². The Hall–Kier alpha value is -0.700. The molecule has 6 rings (SSSR count). The number of hydroxylamine groups is 10. The van der Waals surface area contributed by atoms with Crippen molar-refractivity contribution in [1.29, 1.82) is 0 Å². The maximum Gasteiger partial charge on any atom is 0.697 e. The van der Waals surface area contributed by atoms with E-state index in [9.17, 15) is 56.1 Å². The molecule has 76 heavy (non-hydrogen) atoms. The second-order valence-electron chi connectivity index (χ2n) is 28.3. The second-order valence-corrected chi connectivity index (χ2v) is 29.2. The summed E-state index contributed by atoms with van der Waals surface area (Å²) in [5, 5.41) is 107. The Kier molecular flexibility index (Phi) is 30.3. The topological polar surface area (TPSA) is 318 Å². The monoisotopic (exact) mass is 1120 g/mol. The maximum absolute atomic E-state index is 10.5. The molecule has 0 amide bonds. The third-order valence-electron chi connectivity index (χ3n) is 14.9. The molecule has 0 aromatic carbocycles. The van der Waals surface area contributed by atoms with Crippen LogP contribution in [0.2, 0.25) is 0 Å². The molecule has 0 saturated carbocycles. The smallest absolute Gasteiger partial charge is 0.393 e. The largest absolute Gasteiger partial charge is 0.697 e. The lowest BCUT2D eigenvalue weighted by Crippen LogP contribution is -2.60. The van der Waals surface area contributed by atoms with Crippen LogP contribution in [-0.4, -0.2) is 202 Å². The normalized spacial score (nSPS) is 27.7. The lowest BCUT2D eigenvalue weighted by atomic mass is 9.80. The molecule has 22 heteroatoms. The number of nitrogens with zero attached hydrogens (tertiary/aromatic N) is 5. The molecular weight excluding hydrogens is 1000 g/mol. The zero-order valence-corrected chi connectivity index (χ0v) is 52.3. The fourth-order valence-corrected chi connectivity index (χ4v) is 12.7. The first-order chi connectivity index (χ1) is 34.1. The fourth-order valence-electron chi connectivity index (χ4n) is 12.1. The fraction of sp³-hybridized carbons (Fsp3) is 1.00. The van der Waals surface area contributed by atoms with Crippen molar-refractivity contribution in [2.24, 2.45) is 11.5 Å². The quantitative estimate of drug-likeness (QED) is 0.0970. The first kappa shape index (κ1) is 75.3.